The number of nitrogen functional groups attached to an aromatic ring is 1. The maximum absolute atomic E-state index is 11.1. The summed E-state index contributed by atoms with van der Waals surface area (Å²) in [7, 11) is 0. The van der Waals surface area contributed by atoms with E-state index < -0.39 is 11.9 Å². The van der Waals surface area contributed by atoms with Crippen LogP contribution in [0.3, 0.4) is 0 Å². The van der Waals surface area contributed by atoms with E-state index in [0.29, 0.717) is 11.2 Å². The van der Waals surface area contributed by atoms with Crippen molar-refractivity contribution in [3.05, 3.63) is 16.7 Å². The smallest absolute Gasteiger partial charge is 0.240 e. The molecule has 2 aromatic heterocycles. The molecule has 1 atom stereocenters. The second-order valence-corrected chi connectivity index (χ2v) is 4.33. The van der Waals surface area contributed by atoms with Crippen molar-refractivity contribution in [1.29, 1.82) is 0 Å². The second kappa shape index (κ2) is 3.75. The standard InChI is InChI=1S/C9H10BrN5O/c1-4(7(11)16)15-8-6(14-9(15)12)2-5(10)3-13-8/h2-4H,1H3,(H2,11,16)(H2,12,14). The molecule has 7 heteroatoms. The molecule has 0 radical (unpaired) electrons. The van der Waals surface area contributed by atoms with E-state index in [4.69, 9.17) is 11.5 Å². The number of carbonyl (C=O) groups excluding carboxylic acids is 1. The highest BCUT2D eigenvalue weighted by Gasteiger charge is 2.18. The molecule has 0 fully saturated rings. The lowest BCUT2D eigenvalue weighted by Gasteiger charge is -2.10. The van der Waals surface area contributed by atoms with E-state index in [1.807, 2.05) is 0 Å². The molecular formula is C9H10BrN5O. The van der Waals surface area contributed by atoms with Crippen LogP contribution in [0.25, 0.3) is 11.2 Å². The van der Waals surface area contributed by atoms with Crippen LogP contribution in [0, 0.1) is 0 Å². The molecule has 0 saturated carbocycles. The molecule has 0 aliphatic heterocycles. The number of pyridine rings is 1. The molecule has 2 aromatic rings. The first kappa shape index (κ1) is 10.9. The van der Waals surface area contributed by atoms with Crippen molar-refractivity contribution >= 4 is 38.9 Å². The number of anilines is 1. The first-order valence-corrected chi connectivity index (χ1v) is 5.38. The van der Waals surface area contributed by atoms with Gasteiger partial charge in [-0.2, -0.15) is 0 Å². The number of rotatable bonds is 2. The van der Waals surface area contributed by atoms with Crippen LogP contribution >= 0.6 is 15.9 Å². The van der Waals surface area contributed by atoms with Crippen molar-refractivity contribution in [2.24, 2.45) is 5.73 Å². The molecule has 0 aromatic carbocycles. The highest BCUT2D eigenvalue weighted by Crippen LogP contribution is 2.23. The lowest BCUT2D eigenvalue weighted by Crippen LogP contribution is -2.25. The number of halogens is 1. The fourth-order valence-electron chi connectivity index (χ4n) is 1.48. The number of imidazole rings is 1. The molecule has 2 heterocycles. The Labute approximate surface area is 99.8 Å². The van der Waals surface area contributed by atoms with Gasteiger partial charge in [-0.05, 0) is 28.9 Å². The van der Waals surface area contributed by atoms with Crippen molar-refractivity contribution < 1.29 is 4.79 Å². The fraction of sp³-hybridized carbons (Fsp3) is 0.222. The number of carbonyl (C=O) groups is 1. The van der Waals surface area contributed by atoms with Gasteiger partial charge in [-0.1, -0.05) is 0 Å². The number of fused-ring (bicyclic) bond motifs is 1. The van der Waals surface area contributed by atoms with Gasteiger partial charge in [0.1, 0.15) is 11.6 Å². The van der Waals surface area contributed by atoms with Gasteiger partial charge in [0.05, 0.1) is 0 Å². The fourth-order valence-corrected chi connectivity index (χ4v) is 1.80. The minimum atomic E-state index is -0.571. The zero-order valence-electron chi connectivity index (χ0n) is 8.51. The third kappa shape index (κ3) is 1.63. The van der Waals surface area contributed by atoms with Crippen LogP contribution in [-0.2, 0) is 4.79 Å². The molecule has 0 saturated heterocycles. The van der Waals surface area contributed by atoms with Crippen LogP contribution in [-0.4, -0.2) is 20.4 Å². The molecule has 1 unspecified atom stereocenters. The van der Waals surface area contributed by atoms with Crippen LogP contribution in [0.5, 0.6) is 0 Å². The quantitative estimate of drug-likeness (QED) is 0.852. The lowest BCUT2D eigenvalue weighted by atomic mass is 10.3. The number of amides is 1. The van der Waals surface area contributed by atoms with E-state index in [1.54, 1.807) is 19.2 Å². The summed E-state index contributed by atoms with van der Waals surface area (Å²) in [5.74, 6) is -0.248. The average Bonchev–Trinajstić information content (AvgIpc) is 2.51. The van der Waals surface area contributed by atoms with Crippen LogP contribution in [0.15, 0.2) is 16.7 Å². The van der Waals surface area contributed by atoms with Gasteiger partial charge in [-0.25, -0.2) is 9.97 Å². The predicted octanol–water partition coefficient (Wildman–Crippen LogP) is 0.822. The Morgan fingerprint density at radius 1 is 1.62 bits per heavy atom. The predicted molar refractivity (Wildman–Crippen MR) is 63.5 cm³/mol. The second-order valence-electron chi connectivity index (χ2n) is 3.41. The maximum atomic E-state index is 11.1. The number of primary amides is 1. The van der Waals surface area contributed by atoms with Gasteiger partial charge in [0.2, 0.25) is 11.9 Å². The van der Waals surface area contributed by atoms with Crippen molar-refractivity contribution in [3.63, 3.8) is 0 Å². The molecule has 84 valence electrons. The monoisotopic (exact) mass is 283 g/mol. The molecule has 0 bridgehead atoms. The molecule has 0 aliphatic rings. The zero-order valence-corrected chi connectivity index (χ0v) is 10.1. The molecular weight excluding hydrogens is 274 g/mol. The van der Waals surface area contributed by atoms with Crippen molar-refractivity contribution in [2.75, 3.05) is 5.73 Å². The third-order valence-electron chi connectivity index (χ3n) is 2.32. The van der Waals surface area contributed by atoms with Gasteiger partial charge < -0.3 is 11.5 Å². The van der Waals surface area contributed by atoms with Gasteiger partial charge in [0.25, 0.3) is 0 Å². The SMILES string of the molecule is CC(C(N)=O)n1c(N)nc2cc(Br)cnc21. The number of nitrogens with zero attached hydrogens (tertiary/aromatic N) is 3. The first-order valence-electron chi connectivity index (χ1n) is 4.59. The lowest BCUT2D eigenvalue weighted by molar-refractivity contribution is -0.120. The molecule has 16 heavy (non-hydrogen) atoms. The Kier molecular flexibility index (Phi) is 2.55. The molecule has 0 spiro atoms. The minimum Gasteiger partial charge on any atom is -0.369 e. The highest BCUT2D eigenvalue weighted by atomic mass is 79.9. The Hall–Kier alpha value is -1.63. The Morgan fingerprint density at radius 3 is 2.94 bits per heavy atom. The Bertz CT molecular complexity index is 564. The number of nitrogens with two attached hydrogens (primary N) is 2. The third-order valence-corrected chi connectivity index (χ3v) is 2.76. The number of aromatic nitrogens is 3. The number of hydrogen-bond donors (Lipinski definition) is 2. The van der Waals surface area contributed by atoms with Crippen LogP contribution in [0.2, 0.25) is 0 Å². The molecule has 1 amide bonds. The topological polar surface area (TPSA) is 99.8 Å². The van der Waals surface area contributed by atoms with E-state index >= 15 is 0 Å². The minimum absolute atomic E-state index is 0.229. The average molecular weight is 284 g/mol. The highest BCUT2D eigenvalue weighted by molar-refractivity contribution is 9.10. The summed E-state index contributed by atoms with van der Waals surface area (Å²) in [5, 5.41) is 0. The zero-order chi connectivity index (χ0) is 11.9. The molecule has 4 N–H and O–H groups in total. The van der Waals surface area contributed by atoms with E-state index in [9.17, 15) is 4.79 Å². The summed E-state index contributed by atoms with van der Waals surface area (Å²) in [4.78, 5) is 19.4. The largest absolute Gasteiger partial charge is 0.369 e. The van der Waals surface area contributed by atoms with E-state index in [2.05, 4.69) is 25.9 Å². The van der Waals surface area contributed by atoms with E-state index in [0.717, 1.165) is 4.47 Å². The summed E-state index contributed by atoms with van der Waals surface area (Å²) in [6.07, 6.45) is 1.62. The summed E-state index contributed by atoms with van der Waals surface area (Å²) in [5.41, 5.74) is 12.1. The van der Waals surface area contributed by atoms with Gasteiger partial charge in [0.15, 0.2) is 5.65 Å². The maximum Gasteiger partial charge on any atom is 0.240 e. The van der Waals surface area contributed by atoms with Gasteiger partial charge in [-0.15, -0.1) is 0 Å². The number of hydrogen-bond acceptors (Lipinski definition) is 4. The van der Waals surface area contributed by atoms with Gasteiger partial charge >= 0.3 is 0 Å². The Morgan fingerprint density at radius 2 is 2.31 bits per heavy atom. The van der Waals surface area contributed by atoms with Crippen molar-refractivity contribution in [2.45, 2.75) is 13.0 Å². The molecule has 2 rings (SSSR count). The normalized spacial score (nSPS) is 12.9. The van der Waals surface area contributed by atoms with E-state index in [-0.39, 0.29) is 5.95 Å². The van der Waals surface area contributed by atoms with Gasteiger partial charge in [0, 0.05) is 10.7 Å². The summed E-state index contributed by atoms with van der Waals surface area (Å²) in [6, 6.07) is 1.21. The van der Waals surface area contributed by atoms with Crippen molar-refractivity contribution in [1.82, 2.24) is 14.5 Å². The Balaban J connectivity index is 2.69. The summed E-state index contributed by atoms with van der Waals surface area (Å²) in [6.45, 7) is 1.66. The van der Waals surface area contributed by atoms with Gasteiger partial charge in [-0.3, -0.25) is 9.36 Å². The summed E-state index contributed by atoms with van der Waals surface area (Å²) < 4.78 is 2.32. The van der Waals surface area contributed by atoms with Crippen LogP contribution < -0.4 is 11.5 Å². The first-order chi connectivity index (χ1) is 7.50. The van der Waals surface area contributed by atoms with Crippen molar-refractivity contribution in [3.8, 4) is 0 Å². The van der Waals surface area contributed by atoms with E-state index in [1.165, 1.54) is 4.57 Å². The molecule has 6 nitrogen and oxygen atoms in total. The molecule has 0 aliphatic carbocycles. The summed E-state index contributed by atoms with van der Waals surface area (Å²) >= 11 is 3.29. The van der Waals surface area contributed by atoms with Crippen LogP contribution in [0.4, 0.5) is 5.95 Å². The van der Waals surface area contributed by atoms with Crippen LogP contribution in [0.1, 0.15) is 13.0 Å².